The van der Waals surface area contributed by atoms with Gasteiger partial charge in [-0.1, -0.05) is 0 Å². The van der Waals surface area contributed by atoms with Crippen LogP contribution in [0.3, 0.4) is 0 Å². The lowest BCUT2D eigenvalue weighted by Crippen LogP contribution is -2.43. The molecule has 0 unspecified atom stereocenters. The number of aromatic nitrogens is 3. The highest BCUT2D eigenvalue weighted by Crippen LogP contribution is 2.28. The molecule has 2 aromatic heterocycles. The van der Waals surface area contributed by atoms with Gasteiger partial charge in [-0.15, -0.1) is 0 Å². The normalized spacial score (nSPS) is 20.1. The van der Waals surface area contributed by atoms with Crippen molar-refractivity contribution in [3.05, 3.63) is 29.7 Å². The van der Waals surface area contributed by atoms with Crippen molar-refractivity contribution in [2.24, 2.45) is 0 Å². The van der Waals surface area contributed by atoms with Gasteiger partial charge in [0, 0.05) is 37.0 Å². The van der Waals surface area contributed by atoms with Crippen LogP contribution in [0.5, 0.6) is 0 Å². The van der Waals surface area contributed by atoms with Crippen LogP contribution in [0.15, 0.2) is 18.3 Å². The second-order valence-corrected chi connectivity index (χ2v) is 7.06. The summed E-state index contributed by atoms with van der Waals surface area (Å²) in [6, 6.07) is 4.09. The lowest BCUT2D eigenvalue weighted by Gasteiger charge is -2.33. The number of nitrogens with zero attached hydrogens (tertiary/aromatic N) is 5. The van der Waals surface area contributed by atoms with E-state index in [1.54, 1.807) is 0 Å². The molecule has 4 heterocycles. The number of carbonyl (C=O) groups is 1. The molecule has 2 aromatic rings. The zero-order chi connectivity index (χ0) is 16.5. The summed E-state index contributed by atoms with van der Waals surface area (Å²) in [4.78, 5) is 21.2. The molecule has 0 radical (unpaired) electrons. The van der Waals surface area contributed by atoms with Gasteiger partial charge in [0.05, 0.1) is 12.2 Å². The largest absolute Gasteiger partial charge is 0.342 e. The maximum Gasteiger partial charge on any atom is 0.236 e. The molecule has 2 fully saturated rings. The van der Waals surface area contributed by atoms with Gasteiger partial charge < -0.3 is 4.90 Å². The molecule has 0 saturated carbocycles. The highest BCUT2D eigenvalue weighted by atomic mass is 16.2. The first-order chi connectivity index (χ1) is 11.7. The summed E-state index contributed by atoms with van der Waals surface area (Å²) >= 11 is 0. The van der Waals surface area contributed by atoms with E-state index in [0.29, 0.717) is 18.4 Å². The van der Waals surface area contributed by atoms with Gasteiger partial charge >= 0.3 is 0 Å². The van der Waals surface area contributed by atoms with Gasteiger partial charge in [-0.25, -0.2) is 9.50 Å². The first-order valence-electron chi connectivity index (χ1n) is 9.02. The van der Waals surface area contributed by atoms with Crippen molar-refractivity contribution in [1.29, 1.82) is 0 Å². The Hall–Kier alpha value is -1.95. The zero-order valence-electron chi connectivity index (χ0n) is 14.3. The van der Waals surface area contributed by atoms with E-state index in [1.807, 2.05) is 28.6 Å². The quantitative estimate of drug-likeness (QED) is 0.863. The molecule has 128 valence electrons. The van der Waals surface area contributed by atoms with Crippen LogP contribution in [0.4, 0.5) is 0 Å². The van der Waals surface area contributed by atoms with Crippen LogP contribution in [-0.4, -0.2) is 63.0 Å². The zero-order valence-corrected chi connectivity index (χ0v) is 14.3. The minimum absolute atomic E-state index is 0.296. The van der Waals surface area contributed by atoms with Crippen LogP contribution >= 0.6 is 0 Å². The summed E-state index contributed by atoms with van der Waals surface area (Å²) < 4.78 is 1.97. The second kappa shape index (κ2) is 6.51. The van der Waals surface area contributed by atoms with E-state index in [9.17, 15) is 4.79 Å². The van der Waals surface area contributed by atoms with E-state index in [1.165, 1.54) is 18.5 Å². The number of fused-ring (bicyclic) bond motifs is 1. The van der Waals surface area contributed by atoms with Crippen molar-refractivity contribution >= 4 is 11.6 Å². The van der Waals surface area contributed by atoms with Gasteiger partial charge in [0.2, 0.25) is 5.91 Å². The molecule has 0 aromatic carbocycles. The highest BCUT2D eigenvalue weighted by Gasteiger charge is 2.27. The maximum atomic E-state index is 12.5. The number of piperidine rings is 1. The number of aryl methyl sites for hydroxylation is 1. The van der Waals surface area contributed by atoms with Crippen LogP contribution in [0.1, 0.15) is 43.0 Å². The molecular formula is C18H25N5O. The molecule has 0 atom stereocenters. The summed E-state index contributed by atoms with van der Waals surface area (Å²) in [5.41, 5.74) is 3.13. The average molecular weight is 327 g/mol. The second-order valence-electron chi connectivity index (χ2n) is 7.06. The maximum absolute atomic E-state index is 12.5. The Labute approximate surface area is 142 Å². The van der Waals surface area contributed by atoms with E-state index in [-0.39, 0.29) is 0 Å². The topological polar surface area (TPSA) is 53.7 Å². The van der Waals surface area contributed by atoms with E-state index >= 15 is 0 Å². The molecule has 6 nitrogen and oxygen atoms in total. The molecule has 0 aliphatic carbocycles. The predicted molar refractivity (Wildman–Crippen MR) is 92.0 cm³/mol. The van der Waals surface area contributed by atoms with Crippen molar-refractivity contribution in [3.8, 4) is 0 Å². The number of hydrogen-bond donors (Lipinski definition) is 0. The molecular weight excluding hydrogens is 302 g/mol. The van der Waals surface area contributed by atoms with Crippen LogP contribution in [-0.2, 0) is 4.79 Å². The molecule has 2 aliphatic heterocycles. The molecule has 2 saturated heterocycles. The molecule has 0 N–H and O–H groups in total. The number of amides is 1. The van der Waals surface area contributed by atoms with E-state index in [0.717, 1.165) is 50.4 Å². The van der Waals surface area contributed by atoms with Crippen LogP contribution in [0.25, 0.3) is 5.65 Å². The Morgan fingerprint density at radius 2 is 1.96 bits per heavy atom. The van der Waals surface area contributed by atoms with E-state index < -0.39 is 0 Å². The smallest absolute Gasteiger partial charge is 0.236 e. The summed E-state index contributed by atoms with van der Waals surface area (Å²) in [5, 5.41) is 4.58. The molecule has 2 aliphatic rings. The number of rotatable bonds is 3. The summed E-state index contributed by atoms with van der Waals surface area (Å²) in [6.07, 6.45) is 6.34. The third-order valence-corrected chi connectivity index (χ3v) is 5.33. The first-order valence-corrected chi connectivity index (χ1v) is 9.02. The van der Waals surface area contributed by atoms with Crippen molar-refractivity contribution in [1.82, 2.24) is 24.4 Å². The number of hydrogen-bond acceptors (Lipinski definition) is 4. The predicted octanol–water partition coefficient (Wildman–Crippen LogP) is 1.84. The summed E-state index contributed by atoms with van der Waals surface area (Å²) in [5.74, 6) is 0.746. The Morgan fingerprint density at radius 3 is 2.71 bits per heavy atom. The SMILES string of the molecule is Cc1cc2nccc(C3CCN(C(=O)CN4CCCC4)CC3)n2n1. The summed E-state index contributed by atoms with van der Waals surface area (Å²) in [7, 11) is 0. The Bertz CT molecular complexity index is 726. The van der Waals surface area contributed by atoms with Gasteiger partial charge in [-0.2, -0.15) is 5.10 Å². The van der Waals surface area contributed by atoms with Crippen molar-refractivity contribution in [2.45, 2.75) is 38.5 Å². The van der Waals surface area contributed by atoms with Gasteiger partial charge in [0.15, 0.2) is 5.65 Å². The third kappa shape index (κ3) is 3.02. The average Bonchev–Trinajstić information content (AvgIpc) is 3.23. The molecule has 24 heavy (non-hydrogen) atoms. The Morgan fingerprint density at radius 1 is 1.21 bits per heavy atom. The number of likely N-dealkylation sites (tertiary alicyclic amines) is 2. The van der Waals surface area contributed by atoms with Gasteiger partial charge in [-0.3, -0.25) is 9.69 Å². The monoisotopic (exact) mass is 327 g/mol. The molecule has 6 heteroatoms. The van der Waals surface area contributed by atoms with Gasteiger partial charge in [-0.05, 0) is 51.8 Å². The Balaban J connectivity index is 1.41. The minimum Gasteiger partial charge on any atom is -0.342 e. The first kappa shape index (κ1) is 15.6. The van der Waals surface area contributed by atoms with Crippen molar-refractivity contribution in [3.63, 3.8) is 0 Å². The summed E-state index contributed by atoms with van der Waals surface area (Å²) in [6.45, 7) is 6.45. The van der Waals surface area contributed by atoms with Gasteiger partial charge in [0.1, 0.15) is 0 Å². The van der Waals surface area contributed by atoms with Crippen LogP contribution < -0.4 is 0 Å². The molecule has 0 spiro atoms. The minimum atomic E-state index is 0.296. The lowest BCUT2D eigenvalue weighted by atomic mass is 9.93. The van der Waals surface area contributed by atoms with Crippen molar-refractivity contribution < 1.29 is 4.79 Å². The highest BCUT2D eigenvalue weighted by molar-refractivity contribution is 5.78. The molecule has 1 amide bonds. The van der Waals surface area contributed by atoms with Gasteiger partial charge in [0.25, 0.3) is 0 Å². The number of carbonyl (C=O) groups excluding carboxylic acids is 1. The fourth-order valence-corrected chi connectivity index (χ4v) is 3.99. The van der Waals surface area contributed by atoms with E-state index in [4.69, 9.17) is 0 Å². The van der Waals surface area contributed by atoms with Crippen LogP contribution in [0, 0.1) is 6.92 Å². The Kier molecular flexibility index (Phi) is 4.22. The lowest BCUT2D eigenvalue weighted by molar-refractivity contribution is -0.133. The fraction of sp³-hybridized carbons (Fsp3) is 0.611. The molecule has 0 bridgehead atoms. The van der Waals surface area contributed by atoms with Crippen molar-refractivity contribution in [2.75, 3.05) is 32.7 Å². The fourth-order valence-electron chi connectivity index (χ4n) is 3.99. The third-order valence-electron chi connectivity index (χ3n) is 5.33. The standard InChI is InChI=1S/C18H25N5O/c1-14-12-17-19-7-4-16(23(17)20-14)15-5-10-22(11-6-15)18(24)13-21-8-2-3-9-21/h4,7,12,15H,2-3,5-6,8-11,13H2,1H3. The van der Waals surface area contributed by atoms with E-state index in [2.05, 4.69) is 21.0 Å². The molecule has 4 rings (SSSR count). The van der Waals surface area contributed by atoms with Crippen LogP contribution in [0.2, 0.25) is 0 Å².